The third-order valence-corrected chi connectivity index (χ3v) is 8.27. The Balaban J connectivity index is 1.60. The van der Waals surface area contributed by atoms with Gasteiger partial charge in [-0.2, -0.15) is 5.10 Å². The molecular formula is C30H32N4O5S. The second-order valence-electron chi connectivity index (χ2n) is 9.10. The lowest BCUT2D eigenvalue weighted by atomic mass is 10.2. The van der Waals surface area contributed by atoms with Crippen molar-refractivity contribution in [1.82, 2.24) is 9.99 Å². The number of nitrogens with zero attached hydrogens (tertiary/aromatic N) is 3. The van der Waals surface area contributed by atoms with Crippen LogP contribution in [0.25, 0.3) is 5.69 Å². The van der Waals surface area contributed by atoms with Gasteiger partial charge in [-0.05, 0) is 62.7 Å². The average Bonchev–Trinajstić information content (AvgIpc) is 3.24. The molecule has 0 saturated carbocycles. The fourth-order valence-electron chi connectivity index (χ4n) is 4.45. The number of hydrazone groups is 1. The molecule has 10 heteroatoms. The van der Waals surface area contributed by atoms with Crippen molar-refractivity contribution in [3.8, 4) is 17.2 Å². The van der Waals surface area contributed by atoms with Crippen molar-refractivity contribution in [1.29, 1.82) is 0 Å². The van der Waals surface area contributed by atoms with Gasteiger partial charge in [0.15, 0.2) is 0 Å². The van der Waals surface area contributed by atoms with E-state index in [9.17, 15) is 13.2 Å². The molecule has 40 heavy (non-hydrogen) atoms. The smallest absolute Gasteiger partial charge is 0.264 e. The Bertz CT molecular complexity index is 1650. The molecule has 0 aliphatic rings. The molecule has 0 unspecified atom stereocenters. The molecule has 0 aliphatic heterocycles. The molecule has 3 aromatic carbocycles. The second-order valence-corrected chi connectivity index (χ2v) is 11.0. The molecule has 208 valence electrons. The van der Waals surface area contributed by atoms with E-state index in [0.717, 1.165) is 32.5 Å². The molecule has 1 heterocycles. The van der Waals surface area contributed by atoms with E-state index in [1.807, 2.05) is 38.1 Å². The molecule has 0 atom stereocenters. The minimum absolute atomic E-state index is 0.0350. The number of benzene rings is 3. The monoisotopic (exact) mass is 560 g/mol. The van der Waals surface area contributed by atoms with Crippen LogP contribution in [0.5, 0.6) is 11.5 Å². The van der Waals surface area contributed by atoms with Gasteiger partial charge in [-0.3, -0.25) is 9.10 Å². The maximum absolute atomic E-state index is 13.7. The molecule has 1 amide bonds. The number of carbonyl (C=O) groups is 1. The highest BCUT2D eigenvalue weighted by molar-refractivity contribution is 7.92. The van der Waals surface area contributed by atoms with Gasteiger partial charge >= 0.3 is 0 Å². The van der Waals surface area contributed by atoms with Gasteiger partial charge in [0.1, 0.15) is 18.0 Å². The highest BCUT2D eigenvalue weighted by atomic mass is 32.2. The quantitative estimate of drug-likeness (QED) is 0.223. The highest BCUT2D eigenvalue weighted by Crippen LogP contribution is 2.35. The lowest BCUT2D eigenvalue weighted by Gasteiger charge is -2.25. The molecule has 1 N–H and O–H groups in total. The Hall–Kier alpha value is -4.57. The summed E-state index contributed by atoms with van der Waals surface area (Å²) in [4.78, 5) is 13.1. The van der Waals surface area contributed by atoms with E-state index in [1.54, 1.807) is 36.5 Å². The number of anilines is 1. The molecule has 0 saturated heterocycles. The number of aromatic nitrogens is 1. The zero-order chi connectivity index (χ0) is 28.9. The summed E-state index contributed by atoms with van der Waals surface area (Å²) < 4.78 is 41.1. The minimum atomic E-state index is -4.13. The number of aryl methyl sites for hydroxylation is 2. The number of hydrogen-bond donors (Lipinski definition) is 1. The Morgan fingerprint density at radius 2 is 1.65 bits per heavy atom. The molecule has 4 aromatic rings. The average molecular weight is 561 g/mol. The van der Waals surface area contributed by atoms with E-state index in [4.69, 9.17) is 9.47 Å². The number of nitrogens with one attached hydrogen (secondary N) is 1. The van der Waals surface area contributed by atoms with Crippen LogP contribution in [0.3, 0.4) is 0 Å². The first kappa shape index (κ1) is 28.4. The lowest BCUT2D eigenvalue weighted by Crippen LogP contribution is -2.39. The van der Waals surface area contributed by atoms with E-state index in [0.29, 0.717) is 5.75 Å². The second kappa shape index (κ2) is 12.1. The van der Waals surface area contributed by atoms with E-state index in [1.165, 1.54) is 32.4 Å². The Morgan fingerprint density at radius 1 is 0.950 bits per heavy atom. The van der Waals surface area contributed by atoms with E-state index in [2.05, 4.69) is 28.1 Å². The van der Waals surface area contributed by atoms with Crippen molar-refractivity contribution in [3.05, 3.63) is 101 Å². The van der Waals surface area contributed by atoms with Gasteiger partial charge < -0.3 is 14.0 Å². The number of amides is 1. The SMILES string of the molecule is COc1ccc(N(CC(=O)N/N=C/c2cc(C)n(-c3ccccc3C)c2C)S(=O)(=O)c2ccccc2)c(OC)c1. The van der Waals surface area contributed by atoms with E-state index in [-0.39, 0.29) is 16.3 Å². The molecule has 0 fully saturated rings. The van der Waals surface area contributed by atoms with Crippen molar-refractivity contribution in [2.45, 2.75) is 25.7 Å². The summed E-state index contributed by atoms with van der Waals surface area (Å²) in [5.41, 5.74) is 7.66. The van der Waals surface area contributed by atoms with Gasteiger partial charge in [-0.25, -0.2) is 13.8 Å². The predicted molar refractivity (Wildman–Crippen MR) is 156 cm³/mol. The van der Waals surface area contributed by atoms with Crippen molar-refractivity contribution in [2.24, 2.45) is 5.10 Å². The van der Waals surface area contributed by atoms with Crippen LogP contribution in [0, 0.1) is 20.8 Å². The molecule has 1 aromatic heterocycles. The summed E-state index contributed by atoms with van der Waals surface area (Å²) in [7, 11) is -1.21. The highest BCUT2D eigenvalue weighted by Gasteiger charge is 2.29. The summed E-state index contributed by atoms with van der Waals surface area (Å²) >= 11 is 0. The number of para-hydroxylation sites is 1. The van der Waals surface area contributed by atoms with Gasteiger partial charge in [0, 0.05) is 28.7 Å². The molecule has 4 rings (SSSR count). The summed E-state index contributed by atoms with van der Waals surface area (Å²) in [5.74, 6) is 0.0927. The van der Waals surface area contributed by atoms with Crippen LogP contribution in [0.4, 0.5) is 5.69 Å². The van der Waals surface area contributed by atoms with Crippen LogP contribution in [-0.2, 0) is 14.8 Å². The van der Waals surface area contributed by atoms with Crippen LogP contribution in [0.2, 0.25) is 0 Å². The molecule has 0 spiro atoms. The predicted octanol–water partition coefficient (Wildman–Crippen LogP) is 4.77. The Morgan fingerprint density at radius 3 is 2.33 bits per heavy atom. The fraction of sp³-hybridized carbons (Fsp3) is 0.200. The van der Waals surface area contributed by atoms with Gasteiger partial charge in [0.25, 0.3) is 15.9 Å². The van der Waals surface area contributed by atoms with Crippen LogP contribution < -0.4 is 19.2 Å². The number of hydrogen-bond acceptors (Lipinski definition) is 6. The molecule has 9 nitrogen and oxygen atoms in total. The molecule has 0 aliphatic carbocycles. The summed E-state index contributed by atoms with van der Waals surface area (Å²) in [6, 6.07) is 22.7. The first-order valence-electron chi connectivity index (χ1n) is 12.5. The Kier molecular flexibility index (Phi) is 8.59. The van der Waals surface area contributed by atoms with Gasteiger partial charge in [-0.1, -0.05) is 36.4 Å². The molecule has 0 bridgehead atoms. The topological polar surface area (TPSA) is 102 Å². The molecular weight excluding hydrogens is 528 g/mol. The van der Waals surface area contributed by atoms with Crippen molar-refractivity contribution < 1.29 is 22.7 Å². The van der Waals surface area contributed by atoms with Crippen LogP contribution in [-0.4, -0.2) is 45.9 Å². The number of carbonyl (C=O) groups excluding carboxylic acids is 1. The largest absolute Gasteiger partial charge is 0.497 e. The summed E-state index contributed by atoms with van der Waals surface area (Å²) in [6.07, 6.45) is 1.55. The zero-order valence-electron chi connectivity index (χ0n) is 23.1. The maximum Gasteiger partial charge on any atom is 0.264 e. The first-order valence-corrected chi connectivity index (χ1v) is 14.0. The standard InChI is InChI=1S/C30H32N4O5S/c1-21-11-9-10-14-27(21)34-22(2)17-24(23(34)3)19-31-32-30(35)20-33(40(36,37)26-12-7-6-8-13-26)28-16-15-25(38-4)18-29(28)39-5/h6-19H,20H2,1-5H3,(H,32,35)/b31-19+. The van der Waals surface area contributed by atoms with Crippen LogP contribution in [0.15, 0.2) is 88.9 Å². The third-order valence-electron chi connectivity index (χ3n) is 6.49. The van der Waals surface area contributed by atoms with Gasteiger partial charge in [0.2, 0.25) is 0 Å². The Labute approximate surface area is 234 Å². The lowest BCUT2D eigenvalue weighted by molar-refractivity contribution is -0.119. The number of ether oxygens (including phenoxy) is 2. The minimum Gasteiger partial charge on any atom is -0.497 e. The normalized spacial score (nSPS) is 11.4. The number of sulfonamides is 1. The molecule has 0 radical (unpaired) electrons. The van der Waals surface area contributed by atoms with E-state index < -0.39 is 22.5 Å². The summed E-state index contributed by atoms with van der Waals surface area (Å²) in [5, 5.41) is 4.13. The third kappa shape index (κ3) is 5.86. The number of methoxy groups -OCH3 is 2. The first-order chi connectivity index (χ1) is 19.2. The van der Waals surface area contributed by atoms with Gasteiger partial charge in [0.05, 0.1) is 31.0 Å². The summed E-state index contributed by atoms with van der Waals surface area (Å²) in [6.45, 7) is 5.51. The zero-order valence-corrected chi connectivity index (χ0v) is 23.9. The van der Waals surface area contributed by atoms with Gasteiger partial charge in [-0.15, -0.1) is 0 Å². The van der Waals surface area contributed by atoms with Crippen LogP contribution >= 0.6 is 0 Å². The van der Waals surface area contributed by atoms with E-state index >= 15 is 0 Å². The van der Waals surface area contributed by atoms with Crippen molar-refractivity contribution in [2.75, 3.05) is 25.1 Å². The van der Waals surface area contributed by atoms with Crippen molar-refractivity contribution in [3.63, 3.8) is 0 Å². The van der Waals surface area contributed by atoms with Crippen LogP contribution in [0.1, 0.15) is 22.5 Å². The maximum atomic E-state index is 13.7. The number of rotatable bonds is 10. The fourth-order valence-corrected chi connectivity index (χ4v) is 5.91. The van der Waals surface area contributed by atoms with Crippen molar-refractivity contribution >= 4 is 27.8 Å².